The van der Waals surface area contributed by atoms with Gasteiger partial charge < -0.3 is 10.1 Å². The predicted molar refractivity (Wildman–Crippen MR) is 73.3 cm³/mol. The SMILES string of the molecule is COC(=O)C(CC(C)C)NCc1cccc(C)c1. The summed E-state index contributed by atoms with van der Waals surface area (Å²) in [6.45, 7) is 6.96. The van der Waals surface area contributed by atoms with Crippen LogP contribution in [0, 0.1) is 12.8 Å². The standard InChI is InChI=1S/C15H23NO2/c1-11(2)8-14(15(17)18-4)16-10-13-7-5-6-12(3)9-13/h5-7,9,11,14,16H,8,10H2,1-4H3. The summed E-state index contributed by atoms with van der Waals surface area (Å²) in [6.07, 6.45) is 0.790. The van der Waals surface area contributed by atoms with Gasteiger partial charge >= 0.3 is 5.97 Å². The van der Waals surface area contributed by atoms with Crippen LogP contribution in [-0.2, 0) is 16.1 Å². The Bertz CT molecular complexity index is 388. The van der Waals surface area contributed by atoms with Crippen LogP contribution in [0.1, 0.15) is 31.4 Å². The highest BCUT2D eigenvalue weighted by Crippen LogP contribution is 2.09. The van der Waals surface area contributed by atoms with Gasteiger partial charge in [0.1, 0.15) is 6.04 Å². The predicted octanol–water partition coefficient (Wildman–Crippen LogP) is 2.67. The summed E-state index contributed by atoms with van der Waals surface area (Å²) in [7, 11) is 1.43. The van der Waals surface area contributed by atoms with Gasteiger partial charge in [-0.2, -0.15) is 0 Å². The van der Waals surface area contributed by atoms with E-state index in [0.717, 1.165) is 6.42 Å². The fourth-order valence-corrected chi connectivity index (χ4v) is 1.94. The summed E-state index contributed by atoms with van der Waals surface area (Å²) in [4.78, 5) is 11.7. The van der Waals surface area contributed by atoms with Crippen molar-refractivity contribution in [1.29, 1.82) is 0 Å². The van der Waals surface area contributed by atoms with Gasteiger partial charge in [-0.05, 0) is 24.8 Å². The highest BCUT2D eigenvalue weighted by Gasteiger charge is 2.19. The molecule has 0 fully saturated rings. The molecule has 0 aliphatic carbocycles. The van der Waals surface area contributed by atoms with Crippen LogP contribution in [0.4, 0.5) is 0 Å². The van der Waals surface area contributed by atoms with Crippen LogP contribution in [0.15, 0.2) is 24.3 Å². The monoisotopic (exact) mass is 249 g/mol. The van der Waals surface area contributed by atoms with Crippen LogP contribution in [0.25, 0.3) is 0 Å². The molecule has 1 rings (SSSR count). The van der Waals surface area contributed by atoms with E-state index >= 15 is 0 Å². The van der Waals surface area contributed by atoms with Crippen molar-refractivity contribution in [2.45, 2.75) is 39.8 Å². The number of hydrogen-bond acceptors (Lipinski definition) is 3. The molecule has 3 nitrogen and oxygen atoms in total. The average molecular weight is 249 g/mol. The van der Waals surface area contributed by atoms with Crippen molar-refractivity contribution in [3.05, 3.63) is 35.4 Å². The van der Waals surface area contributed by atoms with E-state index in [4.69, 9.17) is 4.74 Å². The van der Waals surface area contributed by atoms with Gasteiger partial charge in [0, 0.05) is 6.54 Å². The second-order valence-electron chi connectivity index (χ2n) is 5.08. The minimum absolute atomic E-state index is 0.184. The van der Waals surface area contributed by atoms with E-state index in [-0.39, 0.29) is 12.0 Å². The maximum absolute atomic E-state index is 11.7. The molecule has 0 heterocycles. The largest absolute Gasteiger partial charge is 0.468 e. The Kier molecular flexibility index (Phi) is 5.86. The minimum atomic E-state index is -0.226. The van der Waals surface area contributed by atoms with Gasteiger partial charge in [-0.1, -0.05) is 43.7 Å². The van der Waals surface area contributed by atoms with E-state index in [1.807, 2.05) is 6.07 Å². The Morgan fingerprint density at radius 1 is 1.39 bits per heavy atom. The van der Waals surface area contributed by atoms with Gasteiger partial charge in [-0.3, -0.25) is 4.79 Å². The lowest BCUT2D eigenvalue weighted by Crippen LogP contribution is -2.38. The van der Waals surface area contributed by atoms with Crippen LogP contribution in [0.3, 0.4) is 0 Å². The molecule has 0 radical (unpaired) electrons. The average Bonchev–Trinajstić information content (AvgIpc) is 2.33. The Morgan fingerprint density at radius 2 is 2.11 bits per heavy atom. The Morgan fingerprint density at radius 3 is 2.67 bits per heavy atom. The molecule has 0 aromatic heterocycles. The van der Waals surface area contributed by atoms with Crippen LogP contribution in [0.2, 0.25) is 0 Å². The minimum Gasteiger partial charge on any atom is -0.468 e. The molecule has 0 bridgehead atoms. The number of esters is 1. The number of nitrogens with one attached hydrogen (secondary N) is 1. The molecule has 18 heavy (non-hydrogen) atoms. The molecule has 0 amide bonds. The number of rotatable bonds is 6. The lowest BCUT2D eigenvalue weighted by Gasteiger charge is -2.18. The summed E-state index contributed by atoms with van der Waals surface area (Å²) < 4.78 is 4.82. The molecule has 1 aromatic carbocycles. The number of carbonyl (C=O) groups is 1. The van der Waals surface area contributed by atoms with E-state index in [0.29, 0.717) is 12.5 Å². The molecule has 3 heteroatoms. The van der Waals surface area contributed by atoms with Crippen molar-refractivity contribution in [2.24, 2.45) is 5.92 Å². The third-order valence-electron chi connectivity index (χ3n) is 2.83. The maximum atomic E-state index is 11.7. The van der Waals surface area contributed by atoms with E-state index in [9.17, 15) is 4.79 Å². The van der Waals surface area contributed by atoms with Gasteiger partial charge in [0.25, 0.3) is 0 Å². The lowest BCUT2D eigenvalue weighted by atomic mass is 10.0. The molecule has 0 aliphatic heterocycles. The molecule has 1 atom stereocenters. The fourth-order valence-electron chi connectivity index (χ4n) is 1.94. The summed E-state index contributed by atoms with van der Waals surface area (Å²) in [5.41, 5.74) is 2.42. The fraction of sp³-hybridized carbons (Fsp3) is 0.533. The molecule has 0 saturated heterocycles. The topological polar surface area (TPSA) is 38.3 Å². The molecule has 100 valence electrons. The molecule has 1 N–H and O–H groups in total. The first-order valence-corrected chi connectivity index (χ1v) is 6.39. The normalized spacial score (nSPS) is 12.5. The van der Waals surface area contributed by atoms with Gasteiger partial charge in [0.05, 0.1) is 7.11 Å². The van der Waals surface area contributed by atoms with Crippen LogP contribution < -0.4 is 5.32 Å². The first-order chi connectivity index (χ1) is 8.52. The molecule has 0 aliphatic rings. The lowest BCUT2D eigenvalue weighted by molar-refractivity contribution is -0.143. The van der Waals surface area contributed by atoms with E-state index < -0.39 is 0 Å². The number of benzene rings is 1. The first kappa shape index (κ1) is 14.7. The molecular formula is C15H23NO2. The zero-order valence-electron chi connectivity index (χ0n) is 11.7. The van der Waals surface area contributed by atoms with Crippen molar-refractivity contribution in [3.8, 4) is 0 Å². The van der Waals surface area contributed by atoms with Gasteiger partial charge in [-0.25, -0.2) is 0 Å². The van der Waals surface area contributed by atoms with Crippen molar-refractivity contribution in [1.82, 2.24) is 5.32 Å². The summed E-state index contributed by atoms with van der Waals surface area (Å²) in [5.74, 6) is 0.274. The summed E-state index contributed by atoms with van der Waals surface area (Å²) >= 11 is 0. The Balaban J connectivity index is 2.58. The Labute approximate surface area is 110 Å². The van der Waals surface area contributed by atoms with E-state index in [1.165, 1.54) is 18.2 Å². The van der Waals surface area contributed by atoms with Crippen molar-refractivity contribution in [3.63, 3.8) is 0 Å². The van der Waals surface area contributed by atoms with Gasteiger partial charge in [0.2, 0.25) is 0 Å². The van der Waals surface area contributed by atoms with E-state index in [2.05, 4.69) is 44.3 Å². The Hall–Kier alpha value is -1.35. The number of methoxy groups -OCH3 is 1. The zero-order chi connectivity index (χ0) is 13.5. The second-order valence-corrected chi connectivity index (χ2v) is 5.08. The second kappa shape index (κ2) is 7.17. The first-order valence-electron chi connectivity index (χ1n) is 6.39. The third kappa shape index (κ3) is 4.88. The maximum Gasteiger partial charge on any atom is 0.322 e. The van der Waals surface area contributed by atoms with E-state index in [1.54, 1.807) is 0 Å². The van der Waals surface area contributed by atoms with Crippen LogP contribution in [0.5, 0.6) is 0 Å². The molecule has 0 spiro atoms. The van der Waals surface area contributed by atoms with Crippen molar-refractivity contribution >= 4 is 5.97 Å². The number of carbonyl (C=O) groups excluding carboxylic acids is 1. The van der Waals surface area contributed by atoms with Crippen molar-refractivity contribution < 1.29 is 9.53 Å². The number of aryl methyl sites for hydroxylation is 1. The van der Waals surface area contributed by atoms with Gasteiger partial charge in [-0.15, -0.1) is 0 Å². The number of hydrogen-bond donors (Lipinski definition) is 1. The molecule has 0 saturated carbocycles. The summed E-state index contributed by atoms with van der Waals surface area (Å²) in [6, 6.07) is 8.05. The zero-order valence-corrected chi connectivity index (χ0v) is 11.7. The molecule has 1 unspecified atom stereocenters. The smallest absolute Gasteiger partial charge is 0.322 e. The quantitative estimate of drug-likeness (QED) is 0.788. The van der Waals surface area contributed by atoms with Crippen LogP contribution in [-0.4, -0.2) is 19.1 Å². The highest BCUT2D eigenvalue weighted by atomic mass is 16.5. The molecular weight excluding hydrogens is 226 g/mol. The van der Waals surface area contributed by atoms with Crippen molar-refractivity contribution in [2.75, 3.05) is 7.11 Å². The number of ether oxygens (including phenoxy) is 1. The third-order valence-corrected chi connectivity index (χ3v) is 2.83. The summed E-state index contributed by atoms with van der Waals surface area (Å²) in [5, 5.41) is 3.27. The van der Waals surface area contributed by atoms with Gasteiger partial charge in [0.15, 0.2) is 0 Å². The van der Waals surface area contributed by atoms with Crippen LogP contribution >= 0.6 is 0 Å². The highest BCUT2D eigenvalue weighted by molar-refractivity contribution is 5.75. The molecule has 1 aromatic rings.